The Morgan fingerprint density at radius 2 is 2.05 bits per heavy atom. The lowest BCUT2D eigenvalue weighted by molar-refractivity contribution is 0.172. The van der Waals surface area contributed by atoms with E-state index < -0.39 is 6.10 Å². The number of hydrogen-bond donors (Lipinski definition) is 1. The molecule has 0 aliphatic carbocycles. The maximum atomic E-state index is 10.6. The Labute approximate surface area is 132 Å². The van der Waals surface area contributed by atoms with Crippen molar-refractivity contribution in [2.75, 3.05) is 14.2 Å². The van der Waals surface area contributed by atoms with E-state index in [1.165, 1.54) is 0 Å². The maximum absolute atomic E-state index is 10.6. The lowest BCUT2D eigenvalue weighted by atomic mass is 10.0. The number of aliphatic hydroxyl groups is 1. The number of benzene rings is 1. The molecule has 5 nitrogen and oxygen atoms in total. The molecule has 0 fully saturated rings. The van der Waals surface area contributed by atoms with Gasteiger partial charge in [-0.1, -0.05) is 15.9 Å². The molecule has 0 spiro atoms. The molecule has 0 aliphatic rings. The highest BCUT2D eigenvalue weighted by atomic mass is 79.9. The minimum atomic E-state index is -0.697. The van der Waals surface area contributed by atoms with E-state index >= 15 is 0 Å². The van der Waals surface area contributed by atoms with Gasteiger partial charge in [-0.05, 0) is 30.7 Å². The van der Waals surface area contributed by atoms with Gasteiger partial charge >= 0.3 is 0 Å². The molecule has 0 radical (unpaired) electrons. The number of methoxy groups -OCH3 is 2. The quantitative estimate of drug-likeness (QED) is 0.896. The molecular weight excluding hydrogens is 336 g/mol. The minimum Gasteiger partial charge on any atom is -0.497 e. The Hall–Kier alpha value is -1.53. The molecule has 1 aromatic carbocycles. The van der Waals surface area contributed by atoms with Gasteiger partial charge in [0.15, 0.2) is 0 Å². The summed E-state index contributed by atoms with van der Waals surface area (Å²) in [7, 11) is 5.00. The van der Waals surface area contributed by atoms with E-state index in [1.807, 2.05) is 25.1 Å². The molecule has 0 saturated heterocycles. The first-order valence-corrected chi connectivity index (χ1v) is 7.35. The fourth-order valence-electron chi connectivity index (χ4n) is 2.42. The van der Waals surface area contributed by atoms with Crippen molar-refractivity contribution in [1.82, 2.24) is 9.78 Å². The molecule has 1 N–H and O–H groups in total. The van der Waals surface area contributed by atoms with E-state index in [9.17, 15) is 5.11 Å². The molecule has 0 bridgehead atoms. The number of aryl methyl sites for hydroxylation is 2. The van der Waals surface area contributed by atoms with E-state index in [-0.39, 0.29) is 0 Å². The van der Waals surface area contributed by atoms with Gasteiger partial charge in [-0.15, -0.1) is 0 Å². The fourth-order valence-corrected chi connectivity index (χ4v) is 2.83. The van der Waals surface area contributed by atoms with Crippen LogP contribution in [0.1, 0.15) is 22.9 Å². The summed E-state index contributed by atoms with van der Waals surface area (Å²) in [6.45, 7) is 1.86. The largest absolute Gasteiger partial charge is 0.497 e. The number of nitrogens with zero attached hydrogens (tertiary/aromatic N) is 2. The lowest BCUT2D eigenvalue weighted by Gasteiger charge is -2.14. The van der Waals surface area contributed by atoms with Gasteiger partial charge in [-0.25, -0.2) is 4.68 Å². The Morgan fingerprint density at radius 3 is 2.67 bits per heavy atom. The molecule has 1 aromatic heterocycles. The molecule has 21 heavy (non-hydrogen) atoms. The van der Waals surface area contributed by atoms with E-state index in [0.717, 1.165) is 27.0 Å². The Balaban J connectivity index is 2.32. The summed E-state index contributed by atoms with van der Waals surface area (Å²) in [6, 6.07) is 5.69. The van der Waals surface area contributed by atoms with Crippen LogP contribution in [-0.2, 0) is 13.5 Å². The van der Waals surface area contributed by atoms with Crippen molar-refractivity contribution in [2.24, 2.45) is 7.05 Å². The summed E-state index contributed by atoms with van der Waals surface area (Å²) in [4.78, 5) is 0. The first-order valence-electron chi connectivity index (χ1n) is 6.55. The SMILES string of the molecule is COc1ccc(Br)c(CC(O)c2c(C)nn(C)c2OC)c1. The first kappa shape index (κ1) is 15.9. The standard InChI is InChI=1S/C15H19BrN2O3/c1-9-14(15(21-4)18(2)17-9)13(19)8-10-7-11(20-3)5-6-12(10)16/h5-7,13,19H,8H2,1-4H3. The van der Waals surface area contributed by atoms with Crippen molar-refractivity contribution in [3.05, 3.63) is 39.5 Å². The summed E-state index contributed by atoms with van der Waals surface area (Å²) in [5, 5.41) is 14.9. The average Bonchev–Trinajstić information content (AvgIpc) is 2.75. The average molecular weight is 355 g/mol. The van der Waals surface area contributed by atoms with Gasteiger partial charge in [0.05, 0.1) is 31.6 Å². The van der Waals surface area contributed by atoms with Crippen LogP contribution in [0.25, 0.3) is 0 Å². The number of ether oxygens (including phenoxy) is 2. The van der Waals surface area contributed by atoms with Gasteiger partial charge in [-0.2, -0.15) is 5.10 Å². The van der Waals surface area contributed by atoms with E-state index in [4.69, 9.17) is 9.47 Å². The van der Waals surface area contributed by atoms with Crippen molar-refractivity contribution in [1.29, 1.82) is 0 Å². The number of aliphatic hydroxyl groups excluding tert-OH is 1. The van der Waals surface area contributed by atoms with Crippen molar-refractivity contribution in [2.45, 2.75) is 19.4 Å². The van der Waals surface area contributed by atoms with Crippen molar-refractivity contribution in [3.63, 3.8) is 0 Å². The zero-order valence-corrected chi connectivity index (χ0v) is 14.1. The van der Waals surface area contributed by atoms with E-state index in [0.29, 0.717) is 12.3 Å². The van der Waals surface area contributed by atoms with Crippen LogP contribution in [0.5, 0.6) is 11.6 Å². The number of halogens is 1. The number of hydrogen-bond acceptors (Lipinski definition) is 4. The number of aromatic nitrogens is 2. The van der Waals surface area contributed by atoms with Crippen molar-refractivity contribution >= 4 is 15.9 Å². The van der Waals surface area contributed by atoms with Gasteiger partial charge in [0.2, 0.25) is 5.88 Å². The minimum absolute atomic E-state index is 0.445. The van der Waals surface area contributed by atoms with Crippen molar-refractivity contribution < 1.29 is 14.6 Å². The van der Waals surface area contributed by atoms with Crippen LogP contribution in [0, 0.1) is 6.92 Å². The highest BCUT2D eigenvalue weighted by Crippen LogP contribution is 2.32. The summed E-state index contributed by atoms with van der Waals surface area (Å²) in [5.74, 6) is 1.34. The zero-order valence-electron chi connectivity index (χ0n) is 12.6. The van der Waals surface area contributed by atoms with Crippen molar-refractivity contribution in [3.8, 4) is 11.6 Å². The molecule has 0 aliphatic heterocycles. The monoisotopic (exact) mass is 354 g/mol. The fraction of sp³-hybridized carbons (Fsp3) is 0.400. The second-order valence-electron chi connectivity index (χ2n) is 4.81. The molecule has 1 unspecified atom stereocenters. The summed E-state index contributed by atoms with van der Waals surface area (Å²) >= 11 is 3.50. The summed E-state index contributed by atoms with van der Waals surface area (Å²) < 4.78 is 13.1. The summed E-state index contributed by atoms with van der Waals surface area (Å²) in [6.07, 6.45) is -0.252. The van der Waals surface area contributed by atoms with Gasteiger partial charge in [0, 0.05) is 17.9 Å². The van der Waals surface area contributed by atoms with Crippen LogP contribution in [0.4, 0.5) is 0 Å². The molecule has 114 valence electrons. The second kappa shape index (κ2) is 6.49. The third-order valence-corrected chi connectivity index (χ3v) is 4.18. The van der Waals surface area contributed by atoms with Crippen LogP contribution >= 0.6 is 15.9 Å². The Kier molecular flexibility index (Phi) is 4.90. The topological polar surface area (TPSA) is 56.5 Å². The highest BCUT2D eigenvalue weighted by molar-refractivity contribution is 9.10. The molecule has 2 rings (SSSR count). The van der Waals surface area contributed by atoms with Gasteiger partial charge in [0.1, 0.15) is 5.75 Å². The van der Waals surface area contributed by atoms with Gasteiger partial charge in [-0.3, -0.25) is 0 Å². The molecule has 0 saturated carbocycles. The van der Waals surface area contributed by atoms with Crippen LogP contribution < -0.4 is 9.47 Å². The molecule has 6 heteroatoms. The zero-order chi connectivity index (χ0) is 15.6. The molecule has 0 amide bonds. The lowest BCUT2D eigenvalue weighted by Crippen LogP contribution is -2.06. The highest BCUT2D eigenvalue weighted by Gasteiger charge is 2.22. The van der Waals surface area contributed by atoms with Crippen LogP contribution in [0.15, 0.2) is 22.7 Å². The molecule has 2 aromatic rings. The first-order chi connectivity index (χ1) is 9.97. The third-order valence-electron chi connectivity index (χ3n) is 3.41. The maximum Gasteiger partial charge on any atom is 0.217 e. The Bertz CT molecular complexity index is 640. The smallest absolute Gasteiger partial charge is 0.217 e. The van der Waals surface area contributed by atoms with Crippen LogP contribution in [0.3, 0.4) is 0 Å². The normalized spacial score (nSPS) is 12.3. The number of rotatable bonds is 5. The predicted octanol–water partition coefficient (Wildman–Crippen LogP) is 2.78. The second-order valence-corrected chi connectivity index (χ2v) is 5.66. The van der Waals surface area contributed by atoms with E-state index in [1.54, 1.807) is 25.9 Å². The Morgan fingerprint density at radius 1 is 1.33 bits per heavy atom. The third kappa shape index (κ3) is 3.22. The predicted molar refractivity (Wildman–Crippen MR) is 83.9 cm³/mol. The van der Waals surface area contributed by atoms with Gasteiger partial charge < -0.3 is 14.6 Å². The van der Waals surface area contributed by atoms with Crippen LogP contribution in [-0.4, -0.2) is 29.1 Å². The molecular formula is C15H19BrN2O3. The summed E-state index contributed by atoms with van der Waals surface area (Å²) in [5.41, 5.74) is 2.45. The van der Waals surface area contributed by atoms with E-state index in [2.05, 4.69) is 21.0 Å². The van der Waals surface area contributed by atoms with Gasteiger partial charge in [0.25, 0.3) is 0 Å². The van der Waals surface area contributed by atoms with Crippen LogP contribution in [0.2, 0.25) is 0 Å². The molecule has 1 atom stereocenters. The molecule has 1 heterocycles.